The molecule has 0 bridgehead atoms. The summed E-state index contributed by atoms with van der Waals surface area (Å²) in [4.78, 5) is 38.2. The Hall–Kier alpha value is -3.62. The molecule has 3 rings (SSSR count). The number of hydrogen-bond donors (Lipinski definition) is 2. The van der Waals surface area contributed by atoms with Gasteiger partial charge in [0.2, 0.25) is 0 Å². The third kappa shape index (κ3) is 8.87. The normalized spacial score (nSPS) is 11.2. The second-order valence-electron chi connectivity index (χ2n) is 7.38. The van der Waals surface area contributed by atoms with E-state index in [9.17, 15) is 14.4 Å². The van der Waals surface area contributed by atoms with Gasteiger partial charge in [0.25, 0.3) is 11.8 Å². The lowest BCUT2D eigenvalue weighted by Crippen LogP contribution is -2.30. The van der Waals surface area contributed by atoms with Gasteiger partial charge in [-0.2, -0.15) is 0 Å². The number of benzene rings is 3. The van der Waals surface area contributed by atoms with Gasteiger partial charge in [-0.05, 0) is 67.1 Å². The van der Waals surface area contributed by atoms with Crippen LogP contribution in [0.2, 0.25) is 0 Å². The molecule has 0 aliphatic rings. The standard InChI is InChI=1S/C28H25BrN2O4S/c1-2-35-26(32)12-7-17-36-24-15-13-23(14-16-24)30-28(34)25(19-20-8-6-11-22(29)18-20)31-27(33)21-9-4-3-5-10-21/h3-16,18-19H,2,17H2,1H3,(H,30,34)(H,31,33)/b12-7+,25-19-. The van der Waals surface area contributed by atoms with E-state index in [-0.39, 0.29) is 17.6 Å². The highest BCUT2D eigenvalue weighted by Gasteiger charge is 2.15. The van der Waals surface area contributed by atoms with Gasteiger partial charge in [-0.3, -0.25) is 9.59 Å². The maximum Gasteiger partial charge on any atom is 0.330 e. The van der Waals surface area contributed by atoms with E-state index in [1.165, 1.54) is 6.08 Å². The molecule has 0 radical (unpaired) electrons. The van der Waals surface area contributed by atoms with Crippen LogP contribution in [0.5, 0.6) is 0 Å². The first-order chi connectivity index (χ1) is 17.4. The van der Waals surface area contributed by atoms with Gasteiger partial charge in [-0.1, -0.05) is 52.3 Å². The summed E-state index contributed by atoms with van der Waals surface area (Å²) in [5.41, 5.74) is 1.90. The Labute approximate surface area is 223 Å². The minimum atomic E-state index is -0.447. The molecule has 0 atom stereocenters. The van der Waals surface area contributed by atoms with Crippen LogP contribution in [0.4, 0.5) is 5.69 Å². The zero-order chi connectivity index (χ0) is 25.8. The summed E-state index contributed by atoms with van der Waals surface area (Å²) >= 11 is 4.97. The first-order valence-electron chi connectivity index (χ1n) is 11.2. The van der Waals surface area contributed by atoms with Crippen LogP contribution in [0.15, 0.2) is 106 Å². The number of esters is 1. The van der Waals surface area contributed by atoms with Crippen LogP contribution in [-0.2, 0) is 14.3 Å². The Kier molecular flexibility index (Phi) is 10.5. The Morgan fingerprint density at radius 1 is 0.972 bits per heavy atom. The molecular weight excluding hydrogens is 540 g/mol. The minimum absolute atomic E-state index is 0.115. The highest BCUT2D eigenvalue weighted by molar-refractivity contribution is 9.10. The highest BCUT2D eigenvalue weighted by Crippen LogP contribution is 2.21. The number of carbonyl (C=O) groups is 3. The minimum Gasteiger partial charge on any atom is -0.463 e. The van der Waals surface area contributed by atoms with Crippen molar-refractivity contribution < 1.29 is 19.1 Å². The van der Waals surface area contributed by atoms with E-state index in [0.717, 1.165) is 14.9 Å². The van der Waals surface area contributed by atoms with Crippen LogP contribution < -0.4 is 10.6 Å². The fourth-order valence-electron chi connectivity index (χ4n) is 3.02. The number of rotatable bonds is 10. The number of amides is 2. The molecule has 0 saturated heterocycles. The second kappa shape index (κ2) is 14.1. The van der Waals surface area contributed by atoms with Gasteiger partial charge < -0.3 is 15.4 Å². The molecule has 8 heteroatoms. The van der Waals surface area contributed by atoms with E-state index in [1.54, 1.807) is 67.2 Å². The third-order valence-corrected chi connectivity index (χ3v) is 6.15. The van der Waals surface area contributed by atoms with E-state index in [1.807, 2.05) is 42.5 Å². The summed E-state index contributed by atoms with van der Waals surface area (Å²) in [6.45, 7) is 2.11. The zero-order valence-electron chi connectivity index (χ0n) is 19.6. The van der Waals surface area contributed by atoms with Crippen molar-refractivity contribution >= 4 is 57.2 Å². The van der Waals surface area contributed by atoms with Crippen molar-refractivity contribution in [1.82, 2.24) is 5.32 Å². The number of ether oxygens (including phenoxy) is 1. The molecule has 0 fully saturated rings. The molecule has 3 aromatic rings. The third-order valence-electron chi connectivity index (χ3n) is 4.69. The highest BCUT2D eigenvalue weighted by atomic mass is 79.9. The van der Waals surface area contributed by atoms with Crippen molar-refractivity contribution in [3.8, 4) is 0 Å². The van der Waals surface area contributed by atoms with Crippen molar-refractivity contribution in [2.24, 2.45) is 0 Å². The van der Waals surface area contributed by atoms with Gasteiger partial charge in [-0.15, -0.1) is 11.8 Å². The second-order valence-corrected chi connectivity index (χ2v) is 9.39. The van der Waals surface area contributed by atoms with Crippen molar-refractivity contribution in [3.05, 3.63) is 112 Å². The molecule has 0 aliphatic heterocycles. The number of carbonyl (C=O) groups excluding carboxylic acids is 3. The molecule has 0 heterocycles. The van der Waals surface area contributed by atoms with Crippen molar-refractivity contribution in [2.75, 3.05) is 17.7 Å². The fourth-order valence-corrected chi connectivity index (χ4v) is 4.15. The van der Waals surface area contributed by atoms with Gasteiger partial charge >= 0.3 is 5.97 Å². The summed E-state index contributed by atoms with van der Waals surface area (Å²) in [6, 6.07) is 23.4. The van der Waals surface area contributed by atoms with Crippen LogP contribution in [-0.4, -0.2) is 30.1 Å². The molecule has 0 aliphatic carbocycles. The lowest BCUT2D eigenvalue weighted by Gasteiger charge is -2.12. The SMILES string of the molecule is CCOC(=O)/C=C/CSc1ccc(NC(=O)/C(=C/c2cccc(Br)c2)NC(=O)c2ccccc2)cc1. The first-order valence-corrected chi connectivity index (χ1v) is 12.9. The van der Waals surface area contributed by atoms with Crippen LogP contribution in [0.25, 0.3) is 6.08 Å². The van der Waals surface area contributed by atoms with E-state index in [2.05, 4.69) is 26.6 Å². The van der Waals surface area contributed by atoms with E-state index in [0.29, 0.717) is 23.6 Å². The Balaban J connectivity index is 1.69. The fraction of sp³-hybridized carbons (Fsp3) is 0.107. The summed E-state index contributed by atoms with van der Waals surface area (Å²) < 4.78 is 5.71. The van der Waals surface area contributed by atoms with Crippen LogP contribution in [0, 0.1) is 0 Å². The van der Waals surface area contributed by atoms with Crippen LogP contribution >= 0.6 is 27.7 Å². The molecule has 2 N–H and O–H groups in total. The van der Waals surface area contributed by atoms with Crippen molar-refractivity contribution in [2.45, 2.75) is 11.8 Å². The van der Waals surface area contributed by atoms with Gasteiger partial charge in [0.05, 0.1) is 6.61 Å². The van der Waals surface area contributed by atoms with Gasteiger partial charge in [0.1, 0.15) is 5.70 Å². The van der Waals surface area contributed by atoms with E-state index in [4.69, 9.17) is 4.74 Å². The topological polar surface area (TPSA) is 84.5 Å². The number of halogens is 1. The summed E-state index contributed by atoms with van der Waals surface area (Å²) in [6.07, 6.45) is 4.78. The lowest BCUT2D eigenvalue weighted by atomic mass is 10.1. The monoisotopic (exact) mass is 564 g/mol. The Morgan fingerprint density at radius 2 is 1.72 bits per heavy atom. The number of thioether (sulfide) groups is 1. The Bertz CT molecular complexity index is 1260. The molecule has 6 nitrogen and oxygen atoms in total. The summed E-state index contributed by atoms with van der Waals surface area (Å²) in [5.74, 6) is -0.580. The Morgan fingerprint density at radius 3 is 2.42 bits per heavy atom. The van der Waals surface area contributed by atoms with Gasteiger partial charge in [0.15, 0.2) is 0 Å². The molecule has 36 heavy (non-hydrogen) atoms. The van der Waals surface area contributed by atoms with Crippen molar-refractivity contribution in [1.29, 1.82) is 0 Å². The smallest absolute Gasteiger partial charge is 0.330 e. The largest absolute Gasteiger partial charge is 0.463 e. The number of nitrogens with one attached hydrogen (secondary N) is 2. The van der Waals surface area contributed by atoms with E-state index >= 15 is 0 Å². The molecule has 184 valence electrons. The molecular formula is C28H25BrN2O4S. The molecule has 0 spiro atoms. The summed E-state index contributed by atoms with van der Waals surface area (Å²) in [7, 11) is 0. The lowest BCUT2D eigenvalue weighted by molar-refractivity contribution is -0.137. The van der Waals surface area contributed by atoms with E-state index < -0.39 is 5.91 Å². The van der Waals surface area contributed by atoms with Crippen LogP contribution in [0.3, 0.4) is 0 Å². The molecule has 0 unspecified atom stereocenters. The predicted molar refractivity (Wildman–Crippen MR) is 148 cm³/mol. The number of hydrogen-bond acceptors (Lipinski definition) is 5. The predicted octanol–water partition coefficient (Wildman–Crippen LogP) is 6.07. The molecule has 0 aromatic heterocycles. The molecule has 0 saturated carbocycles. The van der Waals surface area contributed by atoms with Gasteiger partial charge in [0, 0.05) is 32.4 Å². The first kappa shape index (κ1) is 27.0. The zero-order valence-corrected chi connectivity index (χ0v) is 22.0. The molecule has 2 amide bonds. The number of anilines is 1. The molecule has 3 aromatic carbocycles. The van der Waals surface area contributed by atoms with Crippen molar-refractivity contribution in [3.63, 3.8) is 0 Å². The quantitative estimate of drug-likeness (QED) is 0.177. The summed E-state index contributed by atoms with van der Waals surface area (Å²) in [5, 5.41) is 5.57. The maximum atomic E-state index is 13.1. The van der Waals surface area contributed by atoms with Crippen LogP contribution in [0.1, 0.15) is 22.8 Å². The van der Waals surface area contributed by atoms with Gasteiger partial charge in [-0.25, -0.2) is 4.79 Å². The average molecular weight is 565 g/mol. The average Bonchev–Trinajstić information content (AvgIpc) is 2.88. The maximum absolute atomic E-state index is 13.1.